The smallest absolute Gasteiger partial charge is 0.333 e. The van der Waals surface area contributed by atoms with E-state index in [1.807, 2.05) is 0 Å². The van der Waals surface area contributed by atoms with Crippen molar-refractivity contribution < 1.29 is 14.7 Å². The highest BCUT2D eigenvalue weighted by molar-refractivity contribution is 6.33. The van der Waals surface area contributed by atoms with Crippen molar-refractivity contribution in [3.05, 3.63) is 70.7 Å². The van der Waals surface area contributed by atoms with Crippen LogP contribution in [0.25, 0.3) is 0 Å². The fourth-order valence-electron chi connectivity index (χ4n) is 1.96. The second kappa shape index (κ2) is 5.97. The van der Waals surface area contributed by atoms with E-state index in [9.17, 15) is 14.7 Å². The van der Waals surface area contributed by atoms with Crippen LogP contribution in [0.1, 0.15) is 22.8 Å². The Hall–Kier alpha value is -2.33. The normalized spacial score (nSPS) is 13.2. The molecule has 0 saturated carbocycles. The third kappa shape index (κ3) is 3.06. The number of carboxylic acids is 1. The molecule has 0 bridgehead atoms. The molecule has 108 valence electrons. The molecule has 0 aromatic heterocycles. The average molecular weight is 304 g/mol. The van der Waals surface area contributed by atoms with Crippen molar-refractivity contribution in [3.63, 3.8) is 0 Å². The Morgan fingerprint density at radius 1 is 1.05 bits per heavy atom. The minimum absolute atomic E-state index is 0.238. The van der Waals surface area contributed by atoms with Crippen molar-refractivity contribution in [1.82, 2.24) is 5.32 Å². The first-order valence-electron chi connectivity index (χ1n) is 6.31. The molecule has 1 unspecified atom stereocenters. The number of carbonyl (C=O) groups is 2. The van der Waals surface area contributed by atoms with Gasteiger partial charge in [-0.15, -0.1) is 0 Å². The molecule has 21 heavy (non-hydrogen) atoms. The summed E-state index contributed by atoms with van der Waals surface area (Å²) in [5, 5.41) is 12.3. The summed E-state index contributed by atoms with van der Waals surface area (Å²) in [6, 6.07) is 15.0. The summed E-state index contributed by atoms with van der Waals surface area (Å²) >= 11 is 5.97. The van der Waals surface area contributed by atoms with E-state index in [1.165, 1.54) is 6.92 Å². The van der Waals surface area contributed by atoms with Gasteiger partial charge in [0.1, 0.15) is 0 Å². The highest BCUT2D eigenvalue weighted by atomic mass is 35.5. The molecule has 2 rings (SSSR count). The van der Waals surface area contributed by atoms with E-state index in [2.05, 4.69) is 5.32 Å². The topological polar surface area (TPSA) is 66.4 Å². The summed E-state index contributed by atoms with van der Waals surface area (Å²) in [5.41, 5.74) is -0.808. The molecule has 2 aromatic carbocycles. The Morgan fingerprint density at radius 3 is 2.19 bits per heavy atom. The van der Waals surface area contributed by atoms with E-state index in [1.54, 1.807) is 54.6 Å². The molecule has 0 heterocycles. The van der Waals surface area contributed by atoms with Crippen LogP contribution in [-0.2, 0) is 10.3 Å². The van der Waals surface area contributed by atoms with Gasteiger partial charge in [0.15, 0.2) is 5.54 Å². The van der Waals surface area contributed by atoms with Gasteiger partial charge in [-0.3, -0.25) is 4.79 Å². The van der Waals surface area contributed by atoms with Crippen molar-refractivity contribution in [2.75, 3.05) is 0 Å². The van der Waals surface area contributed by atoms with Crippen LogP contribution >= 0.6 is 11.6 Å². The third-order valence-corrected chi connectivity index (χ3v) is 3.59. The Morgan fingerprint density at radius 2 is 1.62 bits per heavy atom. The molecule has 0 aliphatic heterocycles. The molecular formula is C16H14ClNO3. The Bertz CT molecular complexity index is 672. The third-order valence-electron chi connectivity index (χ3n) is 3.26. The summed E-state index contributed by atoms with van der Waals surface area (Å²) in [7, 11) is 0. The van der Waals surface area contributed by atoms with E-state index in [0.717, 1.165) is 0 Å². The summed E-state index contributed by atoms with van der Waals surface area (Å²) < 4.78 is 0. The number of amides is 1. The SMILES string of the molecule is CC(NC(=O)c1ccccc1Cl)(C(=O)O)c1ccccc1. The standard InChI is InChI=1S/C16H14ClNO3/c1-16(15(20)21,11-7-3-2-4-8-11)18-14(19)12-9-5-6-10-13(12)17/h2-10H,1H3,(H,18,19)(H,20,21). The van der Waals surface area contributed by atoms with Gasteiger partial charge in [-0.25, -0.2) is 4.79 Å². The lowest BCUT2D eigenvalue weighted by Gasteiger charge is -2.27. The first-order valence-corrected chi connectivity index (χ1v) is 6.69. The van der Waals surface area contributed by atoms with Crippen molar-refractivity contribution in [3.8, 4) is 0 Å². The summed E-state index contributed by atoms with van der Waals surface area (Å²) in [6.45, 7) is 1.44. The summed E-state index contributed by atoms with van der Waals surface area (Å²) in [5.74, 6) is -1.68. The highest BCUT2D eigenvalue weighted by Gasteiger charge is 2.37. The van der Waals surface area contributed by atoms with E-state index in [-0.39, 0.29) is 10.6 Å². The maximum atomic E-state index is 12.3. The van der Waals surface area contributed by atoms with Crippen molar-refractivity contribution >= 4 is 23.5 Å². The van der Waals surface area contributed by atoms with Gasteiger partial charge >= 0.3 is 5.97 Å². The zero-order valence-electron chi connectivity index (χ0n) is 11.3. The maximum Gasteiger partial charge on any atom is 0.333 e. The van der Waals surface area contributed by atoms with Gasteiger partial charge in [0, 0.05) is 0 Å². The Kier molecular flexibility index (Phi) is 4.29. The molecule has 0 fully saturated rings. The van der Waals surface area contributed by atoms with Gasteiger partial charge in [0.25, 0.3) is 5.91 Å². The van der Waals surface area contributed by atoms with Crippen LogP contribution < -0.4 is 5.32 Å². The van der Waals surface area contributed by atoms with E-state index in [4.69, 9.17) is 11.6 Å². The first-order chi connectivity index (χ1) is 9.95. The predicted octanol–water partition coefficient (Wildman–Crippen LogP) is 3.07. The molecule has 2 aromatic rings. The fourth-order valence-corrected chi connectivity index (χ4v) is 2.18. The zero-order chi connectivity index (χ0) is 15.5. The maximum absolute atomic E-state index is 12.3. The lowest BCUT2D eigenvalue weighted by Crippen LogP contribution is -2.49. The Balaban J connectivity index is 2.36. The molecule has 0 spiro atoms. The molecule has 1 atom stereocenters. The van der Waals surface area contributed by atoms with Gasteiger partial charge in [-0.1, -0.05) is 54.1 Å². The predicted molar refractivity (Wildman–Crippen MR) is 80.3 cm³/mol. The van der Waals surface area contributed by atoms with Gasteiger partial charge in [-0.2, -0.15) is 0 Å². The summed E-state index contributed by atoms with van der Waals surface area (Å²) in [6.07, 6.45) is 0. The molecule has 0 saturated heterocycles. The van der Waals surface area contributed by atoms with E-state index in [0.29, 0.717) is 5.56 Å². The molecular weight excluding hydrogens is 290 g/mol. The van der Waals surface area contributed by atoms with E-state index < -0.39 is 17.4 Å². The van der Waals surface area contributed by atoms with Gasteiger partial charge in [-0.05, 0) is 24.6 Å². The van der Waals surface area contributed by atoms with Crippen molar-refractivity contribution in [2.45, 2.75) is 12.5 Å². The first kappa shape index (κ1) is 15.1. The quantitative estimate of drug-likeness (QED) is 0.912. The highest BCUT2D eigenvalue weighted by Crippen LogP contribution is 2.23. The van der Waals surface area contributed by atoms with Crippen LogP contribution in [0.4, 0.5) is 0 Å². The fraction of sp³-hybridized carbons (Fsp3) is 0.125. The monoisotopic (exact) mass is 303 g/mol. The van der Waals surface area contributed by atoms with Crippen LogP contribution in [0.3, 0.4) is 0 Å². The van der Waals surface area contributed by atoms with Crippen LogP contribution in [0, 0.1) is 0 Å². The van der Waals surface area contributed by atoms with Crippen molar-refractivity contribution in [1.29, 1.82) is 0 Å². The van der Waals surface area contributed by atoms with E-state index >= 15 is 0 Å². The van der Waals surface area contributed by atoms with Gasteiger partial charge in [0.2, 0.25) is 0 Å². The second-order valence-electron chi connectivity index (χ2n) is 4.73. The molecule has 0 aliphatic rings. The molecule has 0 aliphatic carbocycles. The summed E-state index contributed by atoms with van der Waals surface area (Å²) in [4.78, 5) is 23.9. The lowest BCUT2D eigenvalue weighted by molar-refractivity contribution is -0.144. The van der Waals surface area contributed by atoms with Crippen LogP contribution in [0.2, 0.25) is 5.02 Å². The minimum atomic E-state index is -1.53. The van der Waals surface area contributed by atoms with Gasteiger partial charge < -0.3 is 10.4 Å². The molecule has 0 radical (unpaired) electrons. The van der Waals surface area contributed by atoms with Crippen molar-refractivity contribution in [2.24, 2.45) is 0 Å². The molecule has 1 amide bonds. The molecule has 2 N–H and O–H groups in total. The number of benzene rings is 2. The lowest BCUT2D eigenvalue weighted by atomic mass is 9.91. The number of aliphatic carboxylic acids is 1. The number of carbonyl (C=O) groups excluding carboxylic acids is 1. The number of hydrogen-bond donors (Lipinski definition) is 2. The van der Waals surface area contributed by atoms with Crippen LogP contribution in [0.5, 0.6) is 0 Å². The number of rotatable bonds is 4. The number of carboxylic acid groups (broad SMARTS) is 1. The van der Waals surface area contributed by atoms with Crippen LogP contribution in [-0.4, -0.2) is 17.0 Å². The second-order valence-corrected chi connectivity index (χ2v) is 5.14. The largest absolute Gasteiger partial charge is 0.479 e. The zero-order valence-corrected chi connectivity index (χ0v) is 12.1. The molecule has 5 heteroatoms. The van der Waals surface area contributed by atoms with Gasteiger partial charge in [0.05, 0.1) is 10.6 Å². The number of hydrogen-bond acceptors (Lipinski definition) is 2. The molecule has 4 nitrogen and oxygen atoms in total. The Labute approximate surface area is 127 Å². The number of nitrogens with one attached hydrogen (secondary N) is 1. The van der Waals surface area contributed by atoms with Crippen LogP contribution in [0.15, 0.2) is 54.6 Å². The minimum Gasteiger partial charge on any atom is -0.479 e. The average Bonchev–Trinajstić information content (AvgIpc) is 2.48. The number of halogens is 1.